The highest BCUT2D eigenvalue weighted by atomic mass is 16.3. The van der Waals surface area contributed by atoms with Gasteiger partial charge in [-0.1, -0.05) is 19.1 Å². The van der Waals surface area contributed by atoms with E-state index in [0.29, 0.717) is 40.6 Å². The normalized spacial score (nSPS) is 12.0. The Hall–Kier alpha value is -5.90. The summed E-state index contributed by atoms with van der Waals surface area (Å²) in [6, 6.07) is 14.7. The number of allylic oxidation sites excluding steroid dienone is 6. The fraction of sp³-hybridized carbons (Fsp3) is 0.103. The van der Waals surface area contributed by atoms with Crippen LogP contribution in [0.4, 0.5) is 0 Å². The molecule has 38 heavy (non-hydrogen) atoms. The Morgan fingerprint density at radius 1 is 0.842 bits per heavy atom. The van der Waals surface area contributed by atoms with E-state index in [1.807, 2.05) is 43.3 Å². The maximum absolute atomic E-state index is 8.86. The van der Waals surface area contributed by atoms with Crippen LogP contribution in [-0.2, 0) is 6.54 Å². The van der Waals surface area contributed by atoms with Crippen molar-refractivity contribution in [3.8, 4) is 34.8 Å². The molecule has 0 aliphatic carbocycles. The first-order valence-corrected chi connectivity index (χ1v) is 11.5. The van der Waals surface area contributed by atoms with E-state index in [1.165, 1.54) is 12.2 Å². The summed E-state index contributed by atoms with van der Waals surface area (Å²) in [7, 11) is 0. The Kier molecular flexibility index (Phi) is 7.75. The molecule has 9 heteroatoms. The lowest BCUT2D eigenvalue weighted by molar-refractivity contribution is 0.535. The first-order valence-electron chi connectivity index (χ1n) is 11.5. The van der Waals surface area contributed by atoms with Gasteiger partial charge in [0.1, 0.15) is 34.1 Å². The number of nitrogens with zero attached hydrogens (tertiary/aromatic N) is 7. The molecule has 0 amide bonds. The first-order chi connectivity index (χ1) is 18.6. The second-order valence-corrected chi connectivity index (χ2v) is 7.83. The minimum absolute atomic E-state index is 0.0128. The van der Waals surface area contributed by atoms with Crippen LogP contribution in [0, 0.1) is 35.8 Å². The molecule has 0 unspecified atom stereocenters. The van der Waals surface area contributed by atoms with Gasteiger partial charge in [-0.15, -0.1) is 0 Å². The highest BCUT2D eigenvalue weighted by Gasteiger charge is 2.18. The van der Waals surface area contributed by atoms with Gasteiger partial charge in [-0.2, -0.15) is 15.0 Å². The fourth-order valence-corrected chi connectivity index (χ4v) is 3.57. The Bertz CT molecular complexity index is 1620. The van der Waals surface area contributed by atoms with E-state index in [1.54, 1.807) is 41.2 Å². The van der Waals surface area contributed by atoms with Crippen LogP contribution >= 0.6 is 0 Å². The highest BCUT2D eigenvalue weighted by Crippen LogP contribution is 2.35. The summed E-state index contributed by atoms with van der Waals surface area (Å²) in [5.41, 5.74) is 2.82. The van der Waals surface area contributed by atoms with Gasteiger partial charge in [-0.25, -0.2) is 20.2 Å². The molecule has 182 valence electrons. The predicted molar refractivity (Wildman–Crippen MR) is 142 cm³/mol. The molecule has 0 atom stereocenters. The number of rotatable bonds is 8. The third-order valence-corrected chi connectivity index (χ3v) is 5.29. The molecule has 0 aliphatic heterocycles. The van der Waals surface area contributed by atoms with Crippen LogP contribution < -0.4 is 0 Å². The molecule has 9 nitrogen and oxygen atoms in total. The van der Waals surface area contributed by atoms with E-state index in [0.717, 1.165) is 17.5 Å². The molecular formula is C29H19N7O2. The van der Waals surface area contributed by atoms with Crippen molar-refractivity contribution in [3.05, 3.63) is 106 Å². The number of aromatic nitrogens is 3. The Morgan fingerprint density at radius 3 is 1.71 bits per heavy atom. The number of aryl methyl sites for hydroxylation is 1. The summed E-state index contributed by atoms with van der Waals surface area (Å²) < 4.78 is 12.0. The topological polar surface area (TPSA) is 113 Å². The van der Waals surface area contributed by atoms with E-state index in [-0.39, 0.29) is 11.4 Å². The molecule has 0 saturated carbocycles. The van der Waals surface area contributed by atoms with E-state index >= 15 is 0 Å². The number of hydrogen-bond acceptors (Lipinski definition) is 6. The van der Waals surface area contributed by atoms with Crippen molar-refractivity contribution < 1.29 is 8.83 Å². The quantitative estimate of drug-likeness (QED) is 0.146. The summed E-state index contributed by atoms with van der Waals surface area (Å²) in [6.45, 7) is 16.6. The average Bonchev–Trinajstić information content (AvgIpc) is 3.69. The minimum atomic E-state index is -0.0128. The van der Waals surface area contributed by atoms with Gasteiger partial charge in [0.2, 0.25) is 0 Å². The second kappa shape index (κ2) is 11.7. The predicted octanol–water partition coefficient (Wildman–Crippen LogP) is 7.04. The zero-order chi connectivity index (χ0) is 26.9. The Labute approximate surface area is 218 Å². The number of hydrogen-bond donors (Lipinski definition) is 0. The van der Waals surface area contributed by atoms with Crippen molar-refractivity contribution >= 4 is 23.2 Å². The van der Waals surface area contributed by atoms with Crippen molar-refractivity contribution in [1.29, 1.82) is 10.5 Å². The van der Waals surface area contributed by atoms with Gasteiger partial charge in [0.25, 0.3) is 11.4 Å². The van der Waals surface area contributed by atoms with Gasteiger partial charge in [-0.3, -0.25) is 0 Å². The summed E-state index contributed by atoms with van der Waals surface area (Å²) >= 11 is 0. The van der Waals surface area contributed by atoms with Crippen LogP contribution in [0.15, 0.2) is 80.9 Å². The van der Waals surface area contributed by atoms with E-state index < -0.39 is 0 Å². The molecule has 0 fully saturated rings. The van der Waals surface area contributed by atoms with Crippen LogP contribution in [0.25, 0.3) is 55.5 Å². The largest absolute Gasteiger partial charge is 0.457 e. The van der Waals surface area contributed by atoms with Gasteiger partial charge in [0.05, 0.1) is 31.8 Å². The average molecular weight is 498 g/mol. The lowest BCUT2D eigenvalue weighted by atomic mass is 10.1. The zero-order valence-corrected chi connectivity index (χ0v) is 20.3. The monoisotopic (exact) mass is 497 g/mol. The minimum Gasteiger partial charge on any atom is -0.457 e. The number of furan rings is 2. The molecule has 0 aliphatic rings. The van der Waals surface area contributed by atoms with Crippen LogP contribution in [0.2, 0.25) is 0 Å². The van der Waals surface area contributed by atoms with Crippen molar-refractivity contribution in [1.82, 2.24) is 15.0 Å². The third kappa shape index (κ3) is 5.50. The highest BCUT2D eigenvalue weighted by molar-refractivity contribution is 5.98. The van der Waals surface area contributed by atoms with Crippen LogP contribution in [-0.4, -0.2) is 15.0 Å². The summed E-state index contributed by atoms with van der Waals surface area (Å²) in [5.74, 6) is 2.32. The summed E-state index contributed by atoms with van der Waals surface area (Å²) in [5, 5.41) is 27.1. The van der Waals surface area contributed by atoms with Crippen LogP contribution in [0.3, 0.4) is 0 Å². The number of nitriles is 2. The SMILES string of the molecule is [C-]#[N+]/C(C#N)=C\C=C\c1ccc(-c2ccc(-c3ccc(/C=C/C=C(\C#N)[N+]#[C-])o3)c3nn(CCC)nc23)o1. The second-order valence-electron chi connectivity index (χ2n) is 7.83. The van der Waals surface area contributed by atoms with Gasteiger partial charge in [0, 0.05) is 11.1 Å². The standard InChI is InChI=1S/C29H19N7O2/c1-4-17-36-34-28-24(26-15-11-22(37-26)9-5-7-20(18-30)32-2)13-14-25(29(28)35-36)27-16-12-23(38-27)10-6-8-21(19-31)33-3/h5-16H,4,17H2,1H3/b9-5+,10-6+,20-7-,21-8+. The van der Waals surface area contributed by atoms with E-state index in [4.69, 9.17) is 42.7 Å². The van der Waals surface area contributed by atoms with Crippen LogP contribution in [0.1, 0.15) is 24.9 Å². The molecule has 4 aromatic rings. The molecule has 3 heterocycles. The molecule has 0 N–H and O–H groups in total. The summed E-state index contributed by atoms with van der Waals surface area (Å²) in [6.07, 6.45) is 10.3. The summed E-state index contributed by atoms with van der Waals surface area (Å²) in [4.78, 5) is 7.89. The van der Waals surface area contributed by atoms with Crippen molar-refractivity contribution in [2.45, 2.75) is 19.9 Å². The van der Waals surface area contributed by atoms with Crippen molar-refractivity contribution in [3.63, 3.8) is 0 Å². The maximum atomic E-state index is 8.86. The Balaban J connectivity index is 1.70. The molecule has 0 spiro atoms. The van der Waals surface area contributed by atoms with Gasteiger partial charge in [-0.05, 0) is 67.1 Å². The zero-order valence-electron chi connectivity index (χ0n) is 20.3. The van der Waals surface area contributed by atoms with E-state index in [9.17, 15) is 0 Å². The van der Waals surface area contributed by atoms with E-state index in [2.05, 4.69) is 9.69 Å². The maximum Gasteiger partial charge on any atom is 0.261 e. The fourth-order valence-electron chi connectivity index (χ4n) is 3.57. The number of benzene rings is 1. The third-order valence-electron chi connectivity index (χ3n) is 5.29. The molecule has 1 aromatic carbocycles. The van der Waals surface area contributed by atoms with Gasteiger partial charge >= 0.3 is 0 Å². The van der Waals surface area contributed by atoms with Gasteiger partial charge < -0.3 is 8.83 Å². The van der Waals surface area contributed by atoms with Gasteiger partial charge in [0.15, 0.2) is 0 Å². The lowest BCUT2D eigenvalue weighted by Gasteiger charge is -2.02. The molecule has 3 aromatic heterocycles. The smallest absolute Gasteiger partial charge is 0.261 e. The lowest BCUT2D eigenvalue weighted by Crippen LogP contribution is -2.00. The number of fused-ring (bicyclic) bond motifs is 1. The Morgan fingerprint density at radius 2 is 1.32 bits per heavy atom. The molecule has 0 radical (unpaired) electrons. The molecular weight excluding hydrogens is 478 g/mol. The van der Waals surface area contributed by atoms with Crippen molar-refractivity contribution in [2.75, 3.05) is 0 Å². The molecule has 4 rings (SSSR count). The molecule has 0 bridgehead atoms. The first kappa shape index (κ1) is 25.2. The van der Waals surface area contributed by atoms with Crippen LogP contribution in [0.5, 0.6) is 0 Å². The molecule has 0 saturated heterocycles. The van der Waals surface area contributed by atoms with Crippen molar-refractivity contribution in [2.24, 2.45) is 0 Å².